The minimum absolute atomic E-state index is 0.354. The van der Waals surface area contributed by atoms with E-state index in [4.69, 9.17) is 4.84 Å². The fourth-order valence-electron chi connectivity index (χ4n) is 2.77. The zero-order chi connectivity index (χ0) is 21.2. The molecule has 0 amide bonds. The molecule has 0 saturated carbocycles. The van der Waals surface area contributed by atoms with Gasteiger partial charge in [0.2, 0.25) is 6.35 Å². The van der Waals surface area contributed by atoms with E-state index in [1.807, 2.05) is 13.0 Å². The number of hydrogen-bond acceptors (Lipinski definition) is 7. The third-order valence-corrected chi connectivity index (χ3v) is 4.46. The minimum atomic E-state index is -4.42. The maximum Gasteiger partial charge on any atom is 0.416 e. The summed E-state index contributed by atoms with van der Waals surface area (Å²) in [5.41, 5.74) is 1.65. The van der Waals surface area contributed by atoms with Gasteiger partial charge in [0.1, 0.15) is 6.10 Å². The summed E-state index contributed by atoms with van der Waals surface area (Å²) in [4.78, 5) is 5.38. The first kappa shape index (κ1) is 20.6. The quantitative estimate of drug-likeness (QED) is 0.588. The van der Waals surface area contributed by atoms with Crippen LogP contribution in [0.1, 0.15) is 35.3 Å². The lowest BCUT2D eigenvalue weighted by Gasteiger charge is -2.22. The van der Waals surface area contributed by atoms with Crippen LogP contribution in [-0.4, -0.2) is 29.7 Å². The molecule has 0 spiro atoms. The van der Waals surface area contributed by atoms with Crippen LogP contribution in [-0.2, 0) is 11.0 Å². The molecule has 1 aliphatic heterocycles. The van der Waals surface area contributed by atoms with E-state index in [-0.39, 0.29) is 0 Å². The van der Waals surface area contributed by atoms with Gasteiger partial charge in [0.15, 0.2) is 0 Å². The lowest BCUT2D eigenvalue weighted by molar-refractivity contribution is -0.137. The monoisotopic (exact) mass is 407 g/mol. The lowest BCUT2D eigenvalue weighted by Crippen LogP contribution is -2.36. The zero-order valence-electron chi connectivity index (χ0n) is 16.0. The molecule has 10 heteroatoms. The Balaban J connectivity index is 1.78. The number of halogens is 3. The largest absolute Gasteiger partial charge is 0.416 e. The average Bonchev–Trinajstić information content (AvgIpc) is 3.01. The number of aliphatic hydroxyl groups excluding tert-OH is 1. The summed E-state index contributed by atoms with van der Waals surface area (Å²) >= 11 is 0. The number of alkyl halides is 3. The topological polar surface area (TPSA) is 73.0 Å². The maximum absolute atomic E-state index is 12.9. The van der Waals surface area contributed by atoms with Gasteiger partial charge in [-0.1, -0.05) is 29.4 Å². The molecule has 0 radical (unpaired) electrons. The molecule has 2 atom stereocenters. The van der Waals surface area contributed by atoms with Crippen molar-refractivity contribution in [2.75, 3.05) is 12.1 Å². The van der Waals surface area contributed by atoms with Crippen LogP contribution >= 0.6 is 0 Å². The second-order valence-corrected chi connectivity index (χ2v) is 6.56. The van der Waals surface area contributed by atoms with E-state index in [1.165, 1.54) is 22.3 Å². The highest BCUT2D eigenvalue weighted by molar-refractivity contribution is 5.89. The molecule has 0 aliphatic carbocycles. The van der Waals surface area contributed by atoms with Gasteiger partial charge >= 0.3 is 6.18 Å². The maximum atomic E-state index is 12.9. The van der Waals surface area contributed by atoms with Crippen molar-refractivity contribution < 1.29 is 23.1 Å². The summed E-state index contributed by atoms with van der Waals surface area (Å²) in [6, 6.07) is 10.3. The van der Waals surface area contributed by atoms with Crippen molar-refractivity contribution in [3.63, 3.8) is 0 Å². The van der Waals surface area contributed by atoms with Crippen molar-refractivity contribution in [2.24, 2.45) is 15.6 Å². The summed E-state index contributed by atoms with van der Waals surface area (Å²) in [7, 11) is 1.58. The van der Waals surface area contributed by atoms with Crippen LogP contribution in [0.5, 0.6) is 0 Å². The number of hydrogen-bond donors (Lipinski definition) is 1. The van der Waals surface area contributed by atoms with Gasteiger partial charge in [0.25, 0.3) is 0 Å². The Bertz CT molecular complexity index is 932. The number of rotatable bonds is 5. The van der Waals surface area contributed by atoms with Crippen LogP contribution in [0.25, 0.3) is 0 Å². The molecule has 0 saturated heterocycles. The van der Waals surface area contributed by atoms with E-state index in [0.717, 1.165) is 17.7 Å². The average molecular weight is 407 g/mol. The Morgan fingerprint density at radius 3 is 2.59 bits per heavy atom. The predicted octanol–water partition coefficient (Wildman–Crippen LogP) is 4.44. The fraction of sp³-hybridized carbons (Fsp3) is 0.316. The molecule has 7 nitrogen and oxygen atoms in total. The minimum Gasteiger partial charge on any atom is -0.388 e. The SMILES string of the molecule is Cc1cccc(N2N=NN(C)C2O)c1/C=N\OC(C)c1cccc(C(F)(F)F)c1. The number of aliphatic hydroxyl groups is 1. The van der Waals surface area contributed by atoms with Gasteiger partial charge in [0, 0.05) is 12.6 Å². The second kappa shape index (κ2) is 8.08. The Morgan fingerprint density at radius 1 is 1.21 bits per heavy atom. The van der Waals surface area contributed by atoms with E-state index in [0.29, 0.717) is 16.8 Å². The van der Waals surface area contributed by atoms with Gasteiger partial charge in [-0.15, -0.1) is 0 Å². The van der Waals surface area contributed by atoms with E-state index in [1.54, 1.807) is 32.2 Å². The van der Waals surface area contributed by atoms with Gasteiger partial charge in [-0.3, -0.25) is 0 Å². The molecular weight excluding hydrogens is 387 g/mol. The highest BCUT2D eigenvalue weighted by Gasteiger charge is 2.31. The van der Waals surface area contributed by atoms with Crippen molar-refractivity contribution >= 4 is 11.9 Å². The third kappa shape index (κ3) is 4.48. The number of anilines is 1. The molecule has 0 bridgehead atoms. The number of oxime groups is 1. The van der Waals surface area contributed by atoms with Crippen LogP contribution in [0.15, 0.2) is 58.1 Å². The molecule has 154 valence electrons. The lowest BCUT2D eigenvalue weighted by atomic mass is 10.1. The van der Waals surface area contributed by atoms with Crippen molar-refractivity contribution in [1.82, 2.24) is 5.01 Å². The second-order valence-electron chi connectivity index (χ2n) is 6.56. The van der Waals surface area contributed by atoms with E-state index in [2.05, 4.69) is 15.6 Å². The molecule has 1 N–H and O–H groups in total. The number of aryl methyl sites for hydroxylation is 1. The molecule has 0 aromatic heterocycles. The first-order chi connectivity index (χ1) is 13.7. The molecular formula is C19H20F3N5O2. The molecule has 2 aromatic rings. The highest BCUT2D eigenvalue weighted by atomic mass is 19.4. The normalized spacial score (nSPS) is 18.0. The van der Waals surface area contributed by atoms with E-state index < -0.39 is 24.2 Å². The Kier molecular flexibility index (Phi) is 5.73. The Hall–Kier alpha value is -3.14. The molecule has 1 aliphatic rings. The third-order valence-electron chi connectivity index (χ3n) is 4.46. The summed E-state index contributed by atoms with van der Waals surface area (Å²) < 4.78 is 38.7. The van der Waals surface area contributed by atoms with E-state index in [9.17, 15) is 18.3 Å². The zero-order valence-corrected chi connectivity index (χ0v) is 16.0. The predicted molar refractivity (Wildman–Crippen MR) is 101 cm³/mol. The summed E-state index contributed by atoms with van der Waals surface area (Å²) in [5, 5.41) is 24.4. The van der Waals surface area contributed by atoms with Crippen LogP contribution in [0, 0.1) is 6.92 Å². The smallest absolute Gasteiger partial charge is 0.388 e. The Labute approximate surface area is 165 Å². The summed E-state index contributed by atoms with van der Waals surface area (Å²) in [6.07, 6.45) is -4.74. The van der Waals surface area contributed by atoms with Crippen molar-refractivity contribution in [3.8, 4) is 0 Å². The molecule has 0 fully saturated rings. The van der Waals surface area contributed by atoms with Gasteiger partial charge in [-0.2, -0.15) is 18.2 Å². The first-order valence-corrected chi connectivity index (χ1v) is 8.76. The fourth-order valence-corrected chi connectivity index (χ4v) is 2.77. The van der Waals surface area contributed by atoms with Crippen LogP contribution in [0.3, 0.4) is 0 Å². The molecule has 29 heavy (non-hydrogen) atoms. The van der Waals surface area contributed by atoms with Gasteiger partial charge in [-0.05, 0) is 53.6 Å². The van der Waals surface area contributed by atoms with Crippen molar-refractivity contribution in [2.45, 2.75) is 32.5 Å². The molecule has 1 heterocycles. The molecule has 2 unspecified atom stereocenters. The van der Waals surface area contributed by atoms with Gasteiger partial charge in [0.05, 0.1) is 17.5 Å². The van der Waals surface area contributed by atoms with Gasteiger partial charge in [-0.25, -0.2) is 5.01 Å². The summed E-state index contributed by atoms with van der Waals surface area (Å²) in [6.45, 7) is 3.46. The molecule has 3 rings (SSSR count). The Morgan fingerprint density at radius 2 is 1.93 bits per heavy atom. The number of nitrogens with zero attached hydrogens (tertiary/aromatic N) is 5. The van der Waals surface area contributed by atoms with Crippen LogP contribution < -0.4 is 5.01 Å². The number of benzene rings is 2. The standard InChI is InChI=1S/C19H20F3N5O2/c1-12-6-4-9-17(27-18(28)26(3)24-25-27)16(12)11-23-29-13(2)14-7-5-8-15(10-14)19(20,21)22/h4-11,13,18,28H,1-3H3/b23-11-. The van der Waals surface area contributed by atoms with E-state index >= 15 is 0 Å². The highest BCUT2D eigenvalue weighted by Crippen LogP contribution is 2.32. The van der Waals surface area contributed by atoms with Crippen LogP contribution in [0.4, 0.5) is 18.9 Å². The first-order valence-electron chi connectivity index (χ1n) is 8.76. The molecule has 2 aromatic carbocycles. The van der Waals surface area contributed by atoms with Crippen LogP contribution in [0.2, 0.25) is 0 Å². The van der Waals surface area contributed by atoms with Crippen molar-refractivity contribution in [1.29, 1.82) is 0 Å². The van der Waals surface area contributed by atoms with Crippen molar-refractivity contribution in [3.05, 3.63) is 64.7 Å². The van der Waals surface area contributed by atoms with Gasteiger partial charge < -0.3 is 9.94 Å². The summed E-state index contributed by atoms with van der Waals surface area (Å²) in [5.74, 6) is 0.